The van der Waals surface area contributed by atoms with E-state index in [0.29, 0.717) is 0 Å². The van der Waals surface area contributed by atoms with Crippen LogP contribution in [0.25, 0.3) is 0 Å². The van der Waals surface area contributed by atoms with Crippen LogP contribution in [0, 0.1) is 9.49 Å². The van der Waals surface area contributed by atoms with Crippen molar-refractivity contribution in [3.63, 3.8) is 0 Å². The van der Waals surface area contributed by atoms with E-state index in [1.807, 2.05) is 38.1 Å². The van der Waals surface area contributed by atoms with E-state index in [4.69, 9.17) is 5.11 Å². The molecule has 0 heterocycles. The Hall–Kier alpha value is -1.11. The molecule has 5 heteroatoms. The summed E-state index contributed by atoms with van der Waals surface area (Å²) in [5.41, 5.74) is 0.218. The molecule has 20 heavy (non-hydrogen) atoms. The van der Waals surface area contributed by atoms with Crippen molar-refractivity contribution in [3.05, 3.63) is 33.4 Å². The number of carboxylic acid groups (broad SMARTS) is 1. The Bertz CT molecular complexity index is 502. The Morgan fingerprint density at radius 3 is 2.45 bits per heavy atom. The molecule has 0 aromatic heterocycles. The molecule has 0 saturated carbocycles. The predicted octanol–water partition coefficient (Wildman–Crippen LogP) is 2.84. The highest BCUT2D eigenvalue weighted by atomic mass is 127. The first-order chi connectivity index (χ1) is 9.24. The number of amides is 1. The smallest absolute Gasteiger partial charge is 0.305 e. The maximum Gasteiger partial charge on any atom is 0.305 e. The van der Waals surface area contributed by atoms with Gasteiger partial charge in [-0.2, -0.15) is 0 Å². The molecule has 0 saturated heterocycles. The summed E-state index contributed by atoms with van der Waals surface area (Å²) in [6.45, 7) is 5.60. The first-order valence-electron chi connectivity index (χ1n) is 6.51. The Morgan fingerprint density at radius 2 is 1.95 bits per heavy atom. The molecule has 1 amide bonds. The monoisotopic (exact) mass is 389 g/mol. The Kier molecular flexibility index (Phi) is 5.98. The lowest BCUT2D eigenvalue weighted by Crippen LogP contribution is -2.51. The average Bonchev–Trinajstić information content (AvgIpc) is 2.30. The summed E-state index contributed by atoms with van der Waals surface area (Å²) >= 11 is 2.19. The van der Waals surface area contributed by atoms with E-state index in [9.17, 15) is 9.59 Å². The summed E-state index contributed by atoms with van der Waals surface area (Å²) in [4.78, 5) is 23.1. The van der Waals surface area contributed by atoms with Crippen LogP contribution in [0.2, 0.25) is 0 Å². The zero-order valence-electron chi connectivity index (χ0n) is 11.9. The van der Waals surface area contributed by atoms with Crippen molar-refractivity contribution in [2.45, 2.75) is 39.2 Å². The van der Waals surface area contributed by atoms with Crippen LogP contribution < -0.4 is 5.32 Å². The van der Waals surface area contributed by atoms with Crippen LogP contribution in [0.3, 0.4) is 0 Å². The van der Waals surface area contributed by atoms with Crippen molar-refractivity contribution in [3.8, 4) is 0 Å². The number of rotatable bonds is 6. The van der Waals surface area contributed by atoms with Gasteiger partial charge in [-0.15, -0.1) is 0 Å². The van der Waals surface area contributed by atoms with Gasteiger partial charge in [0, 0.05) is 9.11 Å². The van der Waals surface area contributed by atoms with Crippen LogP contribution in [0.5, 0.6) is 0 Å². The number of halogens is 1. The fourth-order valence-electron chi connectivity index (χ4n) is 1.88. The van der Waals surface area contributed by atoms with E-state index in [-0.39, 0.29) is 24.7 Å². The van der Waals surface area contributed by atoms with E-state index in [1.54, 1.807) is 6.92 Å². The van der Waals surface area contributed by atoms with Crippen molar-refractivity contribution in [1.29, 1.82) is 0 Å². The highest BCUT2D eigenvalue weighted by Gasteiger charge is 2.32. The predicted molar refractivity (Wildman–Crippen MR) is 86.5 cm³/mol. The van der Waals surface area contributed by atoms with Gasteiger partial charge in [0.05, 0.1) is 12.8 Å². The van der Waals surface area contributed by atoms with Crippen molar-refractivity contribution in [1.82, 2.24) is 5.32 Å². The van der Waals surface area contributed by atoms with E-state index in [1.165, 1.54) is 0 Å². The van der Waals surface area contributed by atoms with Crippen molar-refractivity contribution in [2.75, 3.05) is 0 Å². The van der Waals surface area contributed by atoms with Gasteiger partial charge >= 0.3 is 5.97 Å². The molecule has 2 N–H and O–H groups in total. The molecule has 0 aliphatic rings. The molecule has 0 radical (unpaired) electrons. The number of hydrogen-bond donors (Lipinski definition) is 2. The standard InChI is InChI=1S/C15H20INO3/c1-10(2)15(3,9-14(19)20)17-13(18)8-11-6-4-5-7-12(11)16/h4-7,10H,8-9H2,1-3H3,(H,17,18)(H,19,20). The maximum absolute atomic E-state index is 12.2. The van der Waals surface area contributed by atoms with Gasteiger partial charge in [-0.05, 0) is 47.1 Å². The first kappa shape index (κ1) is 16.9. The second-order valence-corrected chi connectivity index (χ2v) is 6.62. The van der Waals surface area contributed by atoms with Crippen molar-refractivity contribution >= 4 is 34.5 Å². The summed E-state index contributed by atoms with van der Waals surface area (Å²) in [7, 11) is 0. The van der Waals surface area contributed by atoms with Crippen LogP contribution in [0.4, 0.5) is 0 Å². The minimum atomic E-state index is -0.907. The number of carbonyl (C=O) groups excluding carboxylic acids is 1. The minimum Gasteiger partial charge on any atom is -0.481 e. The molecular weight excluding hydrogens is 369 g/mol. The molecule has 1 aromatic carbocycles. The van der Waals surface area contributed by atoms with Crippen LogP contribution in [-0.4, -0.2) is 22.5 Å². The Balaban J connectivity index is 2.77. The zero-order chi connectivity index (χ0) is 15.3. The van der Waals surface area contributed by atoms with Gasteiger partial charge in [-0.3, -0.25) is 9.59 Å². The van der Waals surface area contributed by atoms with Crippen LogP contribution in [0.15, 0.2) is 24.3 Å². The second-order valence-electron chi connectivity index (χ2n) is 5.46. The SMILES string of the molecule is CC(C)C(C)(CC(=O)O)NC(=O)Cc1ccccc1I. The quantitative estimate of drug-likeness (QED) is 0.736. The lowest BCUT2D eigenvalue weighted by molar-refractivity contribution is -0.139. The number of aliphatic carboxylic acids is 1. The van der Waals surface area contributed by atoms with Crippen molar-refractivity contribution in [2.24, 2.45) is 5.92 Å². The maximum atomic E-state index is 12.2. The number of carboxylic acids is 1. The average molecular weight is 389 g/mol. The zero-order valence-corrected chi connectivity index (χ0v) is 14.1. The fourth-order valence-corrected chi connectivity index (χ4v) is 2.46. The molecule has 110 valence electrons. The van der Waals surface area contributed by atoms with Crippen LogP contribution >= 0.6 is 22.6 Å². The first-order valence-corrected chi connectivity index (χ1v) is 7.58. The van der Waals surface area contributed by atoms with Gasteiger partial charge in [0.2, 0.25) is 5.91 Å². The molecule has 4 nitrogen and oxygen atoms in total. The molecule has 1 aromatic rings. The molecule has 0 spiro atoms. The van der Waals surface area contributed by atoms with Crippen molar-refractivity contribution < 1.29 is 14.7 Å². The Morgan fingerprint density at radius 1 is 1.35 bits per heavy atom. The van der Waals surface area contributed by atoms with Gasteiger partial charge in [-0.1, -0.05) is 32.0 Å². The summed E-state index contributed by atoms with van der Waals surface area (Å²) in [5.74, 6) is -1.01. The Labute approximate surface area is 133 Å². The third-order valence-corrected chi connectivity index (χ3v) is 4.58. The van der Waals surface area contributed by atoms with Gasteiger partial charge in [0.15, 0.2) is 0 Å². The number of benzene rings is 1. The molecule has 1 atom stereocenters. The molecule has 0 fully saturated rings. The lowest BCUT2D eigenvalue weighted by atomic mass is 9.85. The van der Waals surface area contributed by atoms with Crippen LogP contribution in [-0.2, 0) is 16.0 Å². The molecule has 1 unspecified atom stereocenters. The summed E-state index contributed by atoms with van der Waals surface area (Å²) < 4.78 is 1.03. The third-order valence-electron chi connectivity index (χ3n) is 3.53. The largest absolute Gasteiger partial charge is 0.481 e. The van der Waals surface area contributed by atoms with Gasteiger partial charge < -0.3 is 10.4 Å². The fraction of sp³-hybridized carbons (Fsp3) is 0.467. The molecule has 1 rings (SSSR count). The van der Waals surface area contributed by atoms with Gasteiger partial charge in [0.25, 0.3) is 0 Å². The normalized spacial score (nSPS) is 13.8. The van der Waals surface area contributed by atoms with Gasteiger partial charge in [-0.25, -0.2) is 0 Å². The summed E-state index contributed by atoms with van der Waals surface area (Å²) in [6, 6.07) is 7.67. The third kappa shape index (κ3) is 4.77. The minimum absolute atomic E-state index is 0.0393. The molecular formula is C15H20INO3. The number of hydrogen-bond acceptors (Lipinski definition) is 2. The van der Waals surface area contributed by atoms with E-state index >= 15 is 0 Å². The topological polar surface area (TPSA) is 66.4 Å². The molecule has 0 bridgehead atoms. The number of nitrogens with one attached hydrogen (secondary N) is 1. The van der Waals surface area contributed by atoms with E-state index in [0.717, 1.165) is 9.13 Å². The second kappa shape index (κ2) is 7.06. The molecule has 0 aliphatic heterocycles. The lowest BCUT2D eigenvalue weighted by Gasteiger charge is -2.33. The van der Waals surface area contributed by atoms with Gasteiger partial charge in [0.1, 0.15) is 0 Å². The highest BCUT2D eigenvalue weighted by Crippen LogP contribution is 2.21. The highest BCUT2D eigenvalue weighted by molar-refractivity contribution is 14.1. The summed E-state index contributed by atoms with van der Waals surface area (Å²) in [5, 5.41) is 11.9. The number of carbonyl (C=O) groups is 2. The molecule has 0 aliphatic carbocycles. The summed E-state index contributed by atoms with van der Waals surface area (Å²) in [6.07, 6.45) is 0.184. The van der Waals surface area contributed by atoms with E-state index < -0.39 is 11.5 Å². The van der Waals surface area contributed by atoms with E-state index in [2.05, 4.69) is 27.9 Å². The van der Waals surface area contributed by atoms with Crippen LogP contribution in [0.1, 0.15) is 32.8 Å².